The van der Waals surface area contributed by atoms with E-state index in [4.69, 9.17) is 18.6 Å². The van der Waals surface area contributed by atoms with Gasteiger partial charge in [0, 0.05) is 44.7 Å². The monoisotopic (exact) mass is 497 g/mol. The first-order chi connectivity index (χ1) is 17.4. The lowest BCUT2D eigenvalue weighted by molar-refractivity contribution is 0.0900. The third-order valence-corrected chi connectivity index (χ3v) is 6.42. The van der Waals surface area contributed by atoms with E-state index in [0.29, 0.717) is 24.8 Å². The Morgan fingerprint density at radius 1 is 1.08 bits per heavy atom. The fourth-order valence-electron chi connectivity index (χ4n) is 4.60. The average molecular weight is 498 g/mol. The van der Waals surface area contributed by atoms with Crippen molar-refractivity contribution < 1.29 is 23.4 Å². The van der Waals surface area contributed by atoms with Gasteiger partial charge in [0.25, 0.3) is 5.91 Å². The molecule has 3 aromatic rings. The van der Waals surface area contributed by atoms with Crippen LogP contribution < -0.4 is 19.5 Å². The molecule has 1 aliphatic rings. The molecule has 10 heteroatoms. The number of amides is 1. The van der Waals surface area contributed by atoms with Gasteiger partial charge in [0.05, 0.1) is 39.2 Å². The molecule has 0 bridgehead atoms. The van der Waals surface area contributed by atoms with Crippen LogP contribution in [0.2, 0.25) is 0 Å². The summed E-state index contributed by atoms with van der Waals surface area (Å²) in [4.78, 5) is 15.1. The van der Waals surface area contributed by atoms with Crippen molar-refractivity contribution in [1.29, 1.82) is 0 Å². The molecule has 2 aromatic heterocycles. The molecule has 4 rings (SSSR count). The molecule has 0 fully saturated rings. The number of benzene rings is 1. The number of carbonyl (C=O) groups excluding carboxylic acids is 1. The van der Waals surface area contributed by atoms with Crippen LogP contribution in [0.1, 0.15) is 54.1 Å². The van der Waals surface area contributed by atoms with E-state index in [1.165, 1.54) is 6.26 Å². The summed E-state index contributed by atoms with van der Waals surface area (Å²) < 4.78 is 24.1. The zero-order valence-electron chi connectivity index (χ0n) is 21.6. The Balaban J connectivity index is 1.52. The molecule has 1 amide bonds. The predicted molar refractivity (Wildman–Crippen MR) is 133 cm³/mol. The summed E-state index contributed by atoms with van der Waals surface area (Å²) in [6.45, 7) is 7.23. The molecule has 1 N–H and O–H groups in total. The molecule has 10 nitrogen and oxygen atoms in total. The minimum Gasteiger partial charge on any atom is -0.496 e. The second-order valence-electron chi connectivity index (χ2n) is 9.30. The zero-order valence-corrected chi connectivity index (χ0v) is 21.6. The van der Waals surface area contributed by atoms with Crippen molar-refractivity contribution in [3.63, 3.8) is 0 Å². The number of fused-ring (bicyclic) bond motifs is 1. The van der Waals surface area contributed by atoms with Gasteiger partial charge in [-0.3, -0.25) is 9.69 Å². The molecule has 0 radical (unpaired) electrons. The molecule has 0 spiro atoms. The van der Waals surface area contributed by atoms with Gasteiger partial charge in [-0.25, -0.2) is 0 Å². The molecular formula is C26H35N5O5. The fraction of sp³-hybridized carbons (Fsp3) is 0.500. The van der Waals surface area contributed by atoms with Crippen LogP contribution in [-0.4, -0.2) is 60.0 Å². The SMILES string of the molecule is COc1cc(OC)c(CN2CCc3nnc([C@@H](CC(C)C)NC(=O)c4ccco4)n3CC2)c(OC)c1. The summed E-state index contributed by atoms with van der Waals surface area (Å²) in [5.41, 5.74) is 0.974. The summed E-state index contributed by atoms with van der Waals surface area (Å²) >= 11 is 0. The van der Waals surface area contributed by atoms with Gasteiger partial charge in [-0.1, -0.05) is 13.8 Å². The highest BCUT2D eigenvalue weighted by molar-refractivity contribution is 5.91. The maximum atomic E-state index is 12.7. The lowest BCUT2D eigenvalue weighted by Gasteiger charge is -2.24. The van der Waals surface area contributed by atoms with Crippen LogP contribution in [-0.2, 0) is 19.5 Å². The van der Waals surface area contributed by atoms with E-state index in [9.17, 15) is 4.79 Å². The van der Waals surface area contributed by atoms with Gasteiger partial charge in [-0.2, -0.15) is 0 Å². The molecule has 1 aliphatic heterocycles. The van der Waals surface area contributed by atoms with E-state index >= 15 is 0 Å². The summed E-state index contributed by atoms with van der Waals surface area (Å²) in [6, 6.07) is 6.85. The molecule has 0 unspecified atom stereocenters. The van der Waals surface area contributed by atoms with Gasteiger partial charge in [-0.05, 0) is 24.5 Å². The normalized spacial score (nSPS) is 14.7. The molecule has 0 saturated carbocycles. The first kappa shape index (κ1) is 25.6. The lowest BCUT2D eigenvalue weighted by atomic mass is 10.0. The van der Waals surface area contributed by atoms with Crippen molar-refractivity contribution in [3.8, 4) is 17.2 Å². The fourth-order valence-corrected chi connectivity index (χ4v) is 4.60. The van der Waals surface area contributed by atoms with E-state index in [0.717, 1.165) is 54.6 Å². The number of aromatic nitrogens is 3. The van der Waals surface area contributed by atoms with Crippen molar-refractivity contribution in [2.75, 3.05) is 34.4 Å². The van der Waals surface area contributed by atoms with Crippen molar-refractivity contribution in [2.45, 2.75) is 45.8 Å². The third-order valence-electron chi connectivity index (χ3n) is 6.42. The zero-order chi connectivity index (χ0) is 25.7. The highest BCUT2D eigenvalue weighted by Crippen LogP contribution is 2.35. The largest absolute Gasteiger partial charge is 0.496 e. The molecule has 0 aliphatic carbocycles. The number of nitrogens with zero attached hydrogens (tertiary/aromatic N) is 4. The lowest BCUT2D eigenvalue weighted by Crippen LogP contribution is -2.32. The van der Waals surface area contributed by atoms with Gasteiger partial charge in [-0.15, -0.1) is 10.2 Å². The van der Waals surface area contributed by atoms with Crippen molar-refractivity contribution in [3.05, 3.63) is 53.5 Å². The molecule has 194 valence electrons. The Morgan fingerprint density at radius 3 is 2.44 bits per heavy atom. The predicted octanol–water partition coefficient (Wildman–Crippen LogP) is 3.47. The van der Waals surface area contributed by atoms with Gasteiger partial charge in [0.2, 0.25) is 0 Å². The number of methoxy groups -OCH3 is 3. The quantitative estimate of drug-likeness (QED) is 0.454. The second-order valence-corrected chi connectivity index (χ2v) is 9.30. The summed E-state index contributed by atoms with van der Waals surface area (Å²) in [5.74, 6) is 4.23. The molecule has 36 heavy (non-hydrogen) atoms. The Labute approximate surface area is 211 Å². The topological polar surface area (TPSA) is 104 Å². The van der Waals surface area contributed by atoms with E-state index in [-0.39, 0.29) is 17.7 Å². The Hall–Kier alpha value is -3.53. The Morgan fingerprint density at radius 2 is 1.83 bits per heavy atom. The van der Waals surface area contributed by atoms with E-state index in [2.05, 4.69) is 38.8 Å². The maximum absolute atomic E-state index is 12.7. The van der Waals surface area contributed by atoms with E-state index in [1.807, 2.05) is 12.1 Å². The van der Waals surface area contributed by atoms with Gasteiger partial charge < -0.3 is 28.5 Å². The molecular weight excluding hydrogens is 462 g/mol. The minimum absolute atomic E-state index is 0.253. The number of ether oxygens (including phenoxy) is 3. The van der Waals surface area contributed by atoms with E-state index in [1.54, 1.807) is 33.5 Å². The second kappa shape index (κ2) is 11.5. The molecule has 3 heterocycles. The number of carbonyl (C=O) groups is 1. The van der Waals surface area contributed by atoms with Crippen LogP contribution in [0.15, 0.2) is 34.9 Å². The first-order valence-corrected chi connectivity index (χ1v) is 12.2. The molecule has 1 atom stereocenters. The maximum Gasteiger partial charge on any atom is 0.287 e. The van der Waals surface area contributed by atoms with Crippen LogP contribution in [0.3, 0.4) is 0 Å². The number of furan rings is 1. The average Bonchev–Trinajstić information content (AvgIpc) is 3.51. The summed E-state index contributed by atoms with van der Waals surface area (Å²) in [7, 11) is 4.93. The highest BCUT2D eigenvalue weighted by Gasteiger charge is 2.27. The van der Waals surface area contributed by atoms with E-state index < -0.39 is 0 Å². The molecule has 1 aromatic carbocycles. The third kappa shape index (κ3) is 5.64. The van der Waals surface area contributed by atoms with Gasteiger partial charge in [0.15, 0.2) is 11.6 Å². The van der Waals surface area contributed by atoms with Crippen molar-refractivity contribution in [1.82, 2.24) is 25.0 Å². The van der Waals surface area contributed by atoms with Crippen molar-refractivity contribution in [2.24, 2.45) is 5.92 Å². The standard InChI is InChI=1S/C26H35N5O5/c1-17(2)13-20(27-26(32)21-7-6-12-36-21)25-29-28-24-8-9-30(10-11-31(24)25)16-19-22(34-4)14-18(33-3)15-23(19)35-5/h6-7,12,14-15,17,20H,8-11,13,16H2,1-5H3,(H,27,32)/t20-/m1/s1. The Bertz CT molecular complexity index is 1130. The smallest absolute Gasteiger partial charge is 0.287 e. The highest BCUT2D eigenvalue weighted by atomic mass is 16.5. The van der Waals surface area contributed by atoms with Crippen LogP contribution in [0, 0.1) is 5.92 Å². The number of hydrogen-bond acceptors (Lipinski definition) is 8. The Kier molecular flexibility index (Phi) is 8.14. The molecule has 0 saturated heterocycles. The summed E-state index contributed by atoms with van der Waals surface area (Å²) in [5, 5.41) is 12.1. The minimum atomic E-state index is -0.267. The number of nitrogens with one attached hydrogen (secondary N) is 1. The van der Waals surface area contributed by atoms with Gasteiger partial charge in [0.1, 0.15) is 23.1 Å². The van der Waals surface area contributed by atoms with Crippen molar-refractivity contribution >= 4 is 5.91 Å². The first-order valence-electron chi connectivity index (χ1n) is 12.2. The summed E-state index contributed by atoms with van der Waals surface area (Å²) in [6.07, 6.45) is 2.99. The number of rotatable bonds is 10. The van der Waals surface area contributed by atoms with Gasteiger partial charge >= 0.3 is 0 Å². The van der Waals surface area contributed by atoms with Crippen LogP contribution in [0.5, 0.6) is 17.2 Å². The van der Waals surface area contributed by atoms with Crippen LogP contribution in [0.4, 0.5) is 0 Å². The van der Waals surface area contributed by atoms with Crippen LogP contribution in [0.25, 0.3) is 0 Å². The van der Waals surface area contributed by atoms with Crippen LogP contribution >= 0.6 is 0 Å². The number of hydrogen-bond donors (Lipinski definition) is 1.